The van der Waals surface area contributed by atoms with E-state index in [9.17, 15) is 19.8 Å². The molecule has 2 amide bonds. The van der Waals surface area contributed by atoms with Gasteiger partial charge in [-0.25, -0.2) is 0 Å². The van der Waals surface area contributed by atoms with Crippen LogP contribution in [0.25, 0.3) is 0 Å². The first-order valence-corrected chi connectivity index (χ1v) is 14.7. The summed E-state index contributed by atoms with van der Waals surface area (Å²) >= 11 is 0. The summed E-state index contributed by atoms with van der Waals surface area (Å²) in [5.74, 6) is -1.08. The lowest BCUT2D eigenvalue weighted by Gasteiger charge is -2.36. The second-order valence-electron chi connectivity index (χ2n) is 11.8. The minimum Gasteiger partial charge on any atom is -0.378 e. The Morgan fingerprint density at radius 2 is 0.721 bits per heavy atom. The van der Waals surface area contributed by atoms with Crippen molar-refractivity contribution in [1.29, 1.82) is 0 Å². The van der Waals surface area contributed by atoms with E-state index in [0.717, 1.165) is 22.3 Å². The van der Waals surface area contributed by atoms with Crippen molar-refractivity contribution in [2.75, 3.05) is 0 Å². The topological polar surface area (TPSA) is 98.7 Å². The Morgan fingerprint density at radius 3 is 0.930 bits per heavy atom. The van der Waals surface area contributed by atoms with Gasteiger partial charge in [0.15, 0.2) is 0 Å². The summed E-state index contributed by atoms with van der Waals surface area (Å²) in [6.45, 7) is 11.3. The quantitative estimate of drug-likeness (QED) is 0.187. The molecule has 0 aliphatic heterocycles. The molecule has 4 rings (SSSR count). The zero-order chi connectivity index (χ0) is 31.4. The Bertz CT molecular complexity index is 1330. The molecule has 0 saturated heterocycles. The van der Waals surface area contributed by atoms with E-state index in [2.05, 4.69) is 10.6 Å². The van der Waals surface area contributed by atoms with E-state index in [4.69, 9.17) is 0 Å². The molecule has 0 heterocycles. The second kappa shape index (κ2) is 12.9. The van der Waals surface area contributed by atoms with Gasteiger partial charge in [-0.1, -0.05) is 119 Å². The van der Waals surface area contributed by atoms with Gasteiger partial charge in [0, 0.05) is 0 Å². The third-order valence-corrected chi connectivity index (χ3v) is 8.30. The molecule has 6 heteroatoms. The van der Waals surface area contributed by atoms with Gasteiger partial charge in [-0.05, 0) is 63.8 Å². The van der Waals surface area contributed by atoms with E-state index in [1.807, 2.05) is 125 Å². The van der Waals surface area contributed by atoms with Gasteiger partial charge in [0.1, 0.15) is 17.6 Å². The predicted molar refractivity (Wildman–Crippen MR) is 171 cm³/mol. The summed E-state index contributed by atoms with van der Waals surface area (Å²) in [7, 11) is 0. The zero-order valence-electron chi connectivity index (χ0n) is 25.8. The Morgan fingerprint density at radius 1 is 0.512 bits per heavy atom. The van der Waals surface area contributed by atoms with E-state index in [-0.39, 0.29) is 0 Å². The van der Waals surface area contributed by atoms with Crippen molar-refractivity contribution >= 4 is 11.8 Å². The summed E-state index contributed by atoms with van der Waals surface area (Å²) in [6, 6.07) is 28.6. The van der Waals surface area contributed by atoms with Crippen molar-refractivity contribution in [3.8, 4) is 0 Å². The number of benzene rings is 4. The van der Waals surface area contributed by atoms with E-state index in [0.29, 0.717) is 22.3 Å². The third-order valence-electron chi connectivity index (χ3n) is 8.30. The van der Waals surface area contributed by atoms with Crippen LogP contribution in [0.1, 0.15) is 64.8 Å². The van der Waals surface area contributed by atoms with Gasteiger partial charge in [0.25, 0.3) is 0 Å². The van der Waals surface area contributed by atoms with Crippen LogP contribution in [0.15, 0.2) is 97.1 Å². The molecule has 43 heavy (non-hydrogen) atoms. The molecule has 0 aliphatic rings. The monoisotopic (exact) mass is 578 g/mol. The first-order valence-electron chi connectivity index (χ1n) is 14.7. The lowest BCUT2D eigenvalue weighted by atomic mass is 9.80. The Labute approximate surface area is 254 Å². The molecule has 4 N–H and O–H groups in total. The molecule has 0 bridgehead atoms. The first kappa shape index (κ1) is 31.7. The lowest BCUT2D eigenvalue weighted by Crippen LogP contribution is -2.52. The number of aliphatic hydroxyl groups is 2. The van der Waals surface area contributed by atoms with Gasteiger partial charge >= 0.3 is 0 Å². The van der Waals surface area contributed by atoms with Gasteiger partial charge in [-0.2, -0.15) is 0 Å². The molecule has 0 fully saturated rings. The largest absolute Gasteiger partial charge is 0.378 e. The van der Waals surface area contributed by atoms with E-state index in [1.54, 1.807) is 13.8 Å². The SMILES string of the molecule is Cc1ccc(C(O)(c2ccc(C)cc2)[C@@H](C)NC(=O)CC(=O)N[C@H](C)C(O)(c2ccc(C)cc2)c2ccc(C)cc2)cc1. The molecule has 0 aromatic heterocycles. The van der Waals surface area contributed by atoms with Crippen molar-refractivity contribution in [2.45, 2.75) is 71.2 Å². The maximum atomic E-state index is 13.2. The molecule has 0 unspecified atom stereocenters. The second-order valence-corrected chi connectivity index (χ2v) is 11.8. The van der Waals surface area contributed by atoms with E-state index in [1.165, 1.54) is 0 Å². The molecule has 0 saturated carbocycles. The van der Waals surface area contributed by atoms with Gasteiger partial charge in [-0.3, -0.25) is 9.59 Å². The van der Waals surface area contributed by atoms with Gasteiger partial charge < -0.3 is 20.8 Å². The van der Waals surface area contributed by atoms with Crippen LogP contribution in [0.4, 0.5) is 0 Å². The van der Waals surface area contributed by atoms with Crippen LogP contribution < -0.4 is 10.6 Å². The van der Waals surface area contributed by atoms with Gasteiger partial charge in [0.05, 0.1) is 12.1 Å². The van der Waals surface area contributed by atoms with E-state index < -0.39 is 41.5 Å². The number of nitrogens with one attached hydrogen (secondary N) is 2. The maximum Gasteiger partial charge on any atom is 0.229 e. The first-order chi connectivity index (χ1) is 20.3. The van der Waals surface area contributed by atoms with Crippen molar-refractivity contribution in [2.24, 2.45) is 0 Å². The zero-order valence-corrected chi connectivity index (χ0v) is 25.8. The molecule has 6 nitrogen and oxygen atoms in total. The molecular weight excluding hydrogens is 536 g/mol. The summed E-state index contributed by atoms with van der Waals surface area (Å²) in [5.41, 5.74) is 3.67. The van der Waals surface area contributed by atoms with Crippen LogP contribution in [0.3, 0.4) is 0 Å². The summed E-state index contributed by atoms with van der Waals surface area (Å²) in [6.07, 6.45) is -0.468. The molecule has 224 valence electrons. The minimum absolute atomic E-state index is 0.468. The number of amides is 2. The van der Waals surface area contributed by atoms with Crippen LogP contribution >= 0.6 is 0 Å². The maximum absolute atomic E-state index is 13.2. The fourth-order valence-corrected chi connectivity index (χ4v) is 5.50. The summed E-state index contributed by atoms with van der Waals surface area (Å²) in [5, 5.41) is 29.9. The van der Waals surface area contributed by atoms with Gasteiger partial charge in [-0.15, -0.1) is 0 Å². The normalized spacial score (nSPS) is 13.2. The van der Waals surface area contributed by atoms with Crippen molar-refractivity contribution < 1.29 is 19.8 Å². The Kier molecular flexibility index (Phi) is 9.53. The van der Waals surface area contributed by atoms with Crippen LogP contribution in [-0.2, 0) is 20.8 Å². The highest BCUT2D eigenvalue weighted by molar-refractivity contribution is 5.97. The number of aryl methyl sites for hydroxylation is 4. The van der Waals surface area contributed by atoms with Crippen LogP contribution in [-0.4, -0.2) is 34.1 Å². The lowest BCUT2D eigenvalue weighted by molar-refractivity contribution is -0.131. The van der Waals surface area contributed by atoms with Crippen molar-refractivity contribution in [3.05, 3.63) is 142 Å². The highest BCUT2D eigenvalue weighted by Crippen LogP contribution is 2.35. The smallest absolute Gasteiger partial charge is 0.229 e. The van der Waals surface area contributed by atoms with E-state index >= 15 is 0 Å². The standard InChI is InChI=1S/C37H42N2O4/c1-24-7-15-30(16-8-24)36(42,31-17-9-25(2)10-18-31)28(5)38-34(40)23-35(41)39-29(6)37(43,32-19-11-26(3)12-20-32)33-21-13-27(4)14-22-33/h7-22,28-29,42-43H,23H2,1-6H3,(H,38,40)(H,39,41)/t28-,29-/m1/s1. The molecule has 0 aliphatic carbocycles. The van der Waals surface area contributed by atoms with Crippen LogP contribution in [0.2, 0.25) is 0 Å². The van der Waals surface area contributed by atoms with Crippen LogP contribution in [0, 0.1) is 27.7 Å². The molecule has 2 atom stereocenters. The van der Waals surface area contributed by atoms with Gasteiger partial charge in [0.2, 0.25) is 11.8 Å². The Hall–Kier alpha value is -4.26. The molecule has 0 radical (unpaired) electrons. The fraction of sp³-hybridized carbons (Fsp3) is 0.297. The van der Waals surface area contributed by atoms with Crippen molar-refractivity contribution in [3.63, 3.8) is 0 Å². The summed E-state index contributed by atoms with van der Waals surface area (Å²) in [4.78, 5) is 26.4. The molecule has 4 aromatic rings. The molecule has 0 spiro atoms. The predicted octanol–water partition coefficient (Wildman–Crippen LogP) is 5.49. The molecular formula is C37H42N2O4. The fourth-order valence-electron chi connectivity index (χ4n) is 5.50. The number of carbonyl (C=O) groups excluding carboxylic acids is 2. The number of hydrogen-bond acceptors (Lipinski definition) is 4. The van der Waals surface area contributed by atoms with Crippen LogP contribution in [0.5, 0.6) is 0 Å². The average Bonchev–Trinajstić information content (AvgIpc) is 2.97. The number of hydrogen-bond donors (Lipinski definition) is 4. The molecule has 4 aromatic carbocycles. The van der Waals surface area contributed by atoms with Crippen molar-refractivity contribution in [1.82, 2.24) is 10.6 Å². The average molecular weight is 579 g/mol. The highest BCUT2D eigenvalue weighted by atomic mass is 16.3. The highest BCUT2D eigenvalue weighted by Gasteiger charge is 2.40. The number of carbonyl (C=O) groups is 2. The third kappa shape index (κ3) is 6.87. The number of rotatable bonds is 10. The summed E-state index contributed by atoms with van der Waals surface area (Å²) < 4.78 is 0. The minimum atomic E-state index is -1.53. The Balaban J connectivity index is 1.53.